The first-order valence-electron chi connectivity index (χ1n) is 6.06. The standard InChI is InChI=1S/C13H27NO3/c1-12(2,3)17-9-11(15)14-10-13(4,5)7-8-16-6/h7-10H2,1-6H3,(H,14,15). The van der Waals surface area contributed by atoms with Gasteiger partial charge in [-0.2, -0.15) is 0 Å². The normalized spacial score (nSPS) is 12.6. The van der Waals surface area contributed by atoms with Crippen molar-refractivity contribution >= 4 is 5.91 Å². The Hall–Kier alpha value is -0.610. The zero-order chi connectivity index (χ0) is 13.5. The highest BCUT2D eigenvalue weighted by molar-refractivity contribution is 5.77. The maximum Gasteiger partial charge on any atom is 0.246 e. The van der Waals surface area contributed by atoms with E-state index >= 15 is 0 Å². The van der Waals surface area contributed by atoms with Gasteiger partial charge in [0.25, 0.3) is 0 Å². The topological polar surface area (TPSA) is 47.6 Å². The van der Waals surface area contributed by atoms with Gasteiger partial charge in [0.1, 0.15) is 6.61 Å². The lowest BCUT2D eigenvalue weighted by molar-refractivity contribution is -0.131. The third-order valence-corrected chi connectivity index (χ3v) is 2.38. The molecule has 0 bridgehead atoms. The van der Waals surface area contributed by atoms with Crippen LogP contribution < -0.4 is 5.32 Å². The third kappa shape index (κ3) is 10.3. The Balaban J connectivity index is 3.83. The first kappa shape index (κ1) is 16.4. The van der Waals surface area contributed by atoms with Crippen molar-refractivity contribution in [1.29, 1.82) is 0 Å². The lowest BCUT2D eigenvalue weighted by atomic mass is 9.90. The van der Waals surface area contributed by atoms with Crippen molar-refractivity contribution < 1.29 is 14.3 Å². The fraction of sp³-hybridized carbons (Fsp3) is 0.923. The van der Waals surface area contributed by atoms with Gasteiger partial charge in [-0.05, 0) is 32.6 Å². The van der Waals surface area contributed by atoms with Gasteiger partial charge >= 0.3 is 0 Å². The highest BCUT2D eigenvalue weighted by Gasteiger charge is 2.19. The van der Waals surface area contributed by atoms with Crippen LogP contribution in [0.5, 0.6) is 0 Å². The van der Waals surface area contributed by atoms with Crippen LogP contribution in [0.4, 0.5) is 0 Å². The average molecular weight is 245 g/mol. The molecule has 0 rings (SSSR count). The van der Waals surface area contributed by atoms with E-state index in [9.17, 15) is 4.79 Å². The summed E-state index contributed by atoms with van der Waals surface area (Å²) in [5.41, 5.74) is -0.226. The van der Waals surface area contributed by atoms with Crippen molar-refractivity contribution in [3.05, 3.63) is 0 Å². The molecule has 0 fully saturated rings. The van der Waals surface area contributed by atoms with E-state index in [1.165, 1.54) is 0 Å². The predicted molar refractivity (Wildman–Crippen MR) is 69.0 cm³/mol. The van der Waals surface area contributed by atoms with Gasteiger partial charge in [0, 0.05) is 20.3 Å². The minimum absolute atomic E-state index is 0.0490. The summed E-state index contributed by atoms with van der Waals surface area (Å²) in [6, 6.07) is 0. The molecule has 0 unspecified atom stereocenters. The van der Waals surface area contributed by atoms with Gasteiger partial charge in [-0.1, -0.05) is 13.8 Å². The number of hydrogen-bond acceptors (Lipinski definition) is 3. The first-order valence-corrected chi connectivity index (χ1v) is 6.06. The van der Waals surface area contributed by atoms with Crippen LogP contribution >= 0.6 is 0 Å². The average Bonchev–Trinajstić information content (AvgIpc) is 2.20. The Morgan fingerprint density at radius 1 is 1.18 bits per heavy atom. The lowest BCUT2D eigenvalue weighted by Gasteiger charge is -2.25. The van der Waals surface area contributed by atoms with Gasteiger partial charge in [0.2, 0.25) is 5.91 Å². The molecule has 1 amide bonds. The number of rotatable bonds is 7. The van der Waals surface area contributed by atoms with Crippen LogP contribution in [0.3, 0.4) is 0 Å². The van der Waals surface area contributed by atoms with Crippen LogP contribution in [0.1, 0.15) is 41.0 Å². The smallest absolute Gasteiger partial charge is 0.246 e. The van der Waals surface area contributed by atoms with Gasteiger partial charge < -0.3 is 14.8 Å². The molecule has 0 aromatic rings. The molecule has 0 saturated heterocycles. The molecule has 0 aliphatic carbocycles. The number of amides is 1. The maximum atomic E-state index is 11.5. The van der Waals surface area contributed by atoms with Gasteiger partial charge in [0.15, 0.2) is 0 Å². The second-order valence-electron chi connectivity index (χ2n) is 6.08. The summed E-state index contributed by atoms with van der Waals surface area (Å²) in [5, 5.41) is 2.88. The summed E-state index contributed by atoms with van der Waals surface area (Å²) in [5.74, 6) is -0.0644. The van der Waals surface area contributed by atoms with Crippen LogP contribution in [-0.4, -0.2) is 38.4 Å². The minimum atomic E-state index is -0.275. The molecule has 0 spiro atoms. The number of nitrogens with one attached hydrogen (secondary N) is 1. The Morgan fingerprint density at radius 2 is 1.76 bits per heavy atom. The third-order valence-electron chi connectivity index (χ3n) is 2.38. The van der Waals surface area contributed by atoms with Crippen molar-refractivity contribution in [1.82, 2.24) is 5.32 Å². The molecule has 4 nitrogen and oxygen atoms in total. The van der Waals surface area contributed by atoms with Crippen LogP contribution in [0.25, 0.3) is 0 Å². The van der Waals surface area contributed by atoms with E-state index in [0.717, 1.165) is 6.42 Å². The van der Waals surface area contributed by atoms with Crippen molar-refractivity contribution in [2.24, 2.45) is 5.41 Å². The number of hydrogen-bond donors (Lipinski definition) is 1. The fourth-order valence-electron chi connectivity index (χ4n) is 1.14. The van der Waals surface area contributed by atoms with Crippen molar-refractivity contribution in [2.45, 2.75) is 46.6 Å². The van der Waals surface area contributed by atoms with E-state index in [4.69, 9.17) is 9.47 Å². The summed E-state index contributed by atoms with van der Waals surface area (Å²) >= 11 is 0. The van der Waals surface area contributed by atoms with Crippen LogP contribution in [-0.2, 0) is 14.3 Å². The number of methoxy groups -OCH3 is 1. The van der Waals surface area contributed by atoms with Crippen molar-refractivity contribution in [2.75, 3.05) is 26.9 Å². The Kier molecular flexibility index (Phi) is 6.72. The summed E-state index contributed by atoms with van der Waals surface area (Å²) in [6.07, 6.45) is 0.921. The monoisotopic (exact) mass is 245 g/mol. The molecule has 17 heavy (non-hydrogen) atoms. The highest BCUT2D eigenvalue weighted by atomic mass is 16.5. The van der Waals surface area contributed by atoms with Gasteiger partial charge in [0.05, 0.1) is 5.60 Å². The molecular formula is C13H27NO3. The predicted octanol–water partition coefficient (Wildman–Crippen LogP) is 1.98. The lowest BCUT2D eigenvalue weighted by Crippen LogP contribution is -2.38. The zero-order valence-electron chi connectivity index (χ0n) is 12.1. The molecule has 0 heterocycles. The van der Waals surface area contributed by atoms with Crippen LogP contribution in [0, 0.1) is 5.41 Å². The fourth-order valence-corrected chi connectivity index (χ4v) is 1.14. The molecule has 0 aliphatic heterocycles. The van der Waals surface area contributed by atoms with Crippen molar-refractivity contribution in [3.8, 4) is 0 Å². The van der Waals surface area contributed by atoms with E-state index < -0.39 is 0 Å². The van der Waals surface area contributed by atoms with E-state index in [0.29, 0.717) is 13.2 Å². The molecule has 0 aliphatic rings. The number of carbonyl (C=O) groups is 1. The minimum Gasteiger partial charge on any atom is -0.385 e. The van der Waals surface area contributed by atoms with E-state index in [-0.39, 0.29) is 23.5 Å². The van der Waals surface area contributed by atoms with Crippen molar-refractivity contribution in [3.63, 3.8) is 0 Å². The quantitative estimate of drug-likeness (QED) is 0.746. The Morgan fingerprint density at radius 3 is 2.24 bits per heavy atom. The SMILES string of the molecule is COCCC(C)(C)CNC(=O)COC(C)(C)C. The molecule has 0 atom stereocenters. The van der Waals surface area contributed by atoms with Gasteiger partial charge in [-0.15, -0.1) is 0 Å². The zero-order valence-corrected chi connectivity index (χ0v) is 12.1. The summed E-state index contributed by atoms with van der Waals surface area (Å²) in [4.78, 5) is 11.5. The molecule has 0 aromatic carbocycles. The number of carbonyl (C=O) groups excluding carboxylic acids is 1. The highest BCUT2D eigenvalue weighted by Crippen LogP contribution is 2.18. The summed E-state index contributed by atoms with van der Waals surface area (Å²) < 4.78 is 10.4. The van der Waals surface area contributed by atoms with Gasteiger partial charge in [-0.25, -0.2) is 0 Å². The molecule has 0 radical (unpaired) electrons. The van der Waals surface area contributed by atoms with Gasteiger partial charge in [-0.3, -0.25) is 4.79 Å². The van der Waals surface area contributed by atoms with Crippen LogP contribution in [0.2, 0.25) is 0 Å². The van der Waals surface area contributed by atoms with Crippen LogP contribution in [0.15, 0.2) is 0 Å². The number of ether oxygens (including phenoxy) is 2. The Labute approximate surface area is 105 Å². The molecule has 102 valence electrons. The summed E-state index contributed by atoms with van der Waals surface area (Å²) in [7, 11) is 1.69. The van der Waals surface area contributed by atoms with E-state index in [2.05, 4.69) is 19.2 Å². The molecule has 0 saturated carbocycles. The van der Waals surface area contributed by atoms with E-state index in [1.807, 2.05) is 20.8 Å². The molecular weight excluding hydrogens is 218 g/mol. The molecule has 1 N–H and O–H groups in total. The largest absolute Gasteiger partial charge is 0.385 e. The molecule has 0 aromatic heterocycles. The maximum absolute atomic E-state index is 11.5. The van der Waals surface area contributed by atoms with E-state index in [1.54, 1.807) is 7.11 Å². The molecule has 4 heteroatoms. The summed E-state index contributed by atoms with van der Waals surface area (Å²) in [6.45, 7) is 11.5. The second-order valence-corrected chi connectivity index (χ2v) is 6.08. The Bertz CT molecular complexity index is 231. The first-order chi connectivity index (χ1) is 7.66. The second kappa shape index (κ2) is 6.97.